The Hall–Kier alpha value is -3.32. The van der Waals surface area contributed by atoms with Gasteiger partial charge in [-0.1, -0.05) is 30.3 Å². The van der Waals surface area contributed by atoms with E-state index >= 15 is 0 Å². The van der Waals surface area contributed by atoms with Crippen molar-refractivity contribution in [2.24, 2.45) is 0 Å². The highest BCUT2D eigenvalue weighted by molar-refractivity contribution is 7.92. The molecule has 0 aliphatic carbocycles. The molecular weight excluding hydrogens is 412 g/mol. The molecule has 0 radical (unpaired) electrons. The van der Waals surface area contributed by atoms with Gasteiger partial charge in [-0.15, -0.1) is 0 Å². The van der Waals surface area contributed by atoms with Crippen LogP contribution in [0.3, 0.4) is 0 Å². The third-order valence-corrected chi connectivity index (χ3v) is 6.43. The molecule has 0 heterocycles. The van der Waals surface area contributed by atoms with Gasteiger partial charge in [0.1, 0.15) is 5.75 Å². The molecule has 0 atom stereocenters. The van der Waals surface area contributed by atoms with Crippen molar-refractivity contribution in [3.63, 3.8) is 0 Å². The van der Waals surface area contributed by atoms with Crippen molar-refractivity contribution in [2.75, 3.05) is 18.4 Å². The Bertz CT molecular complexity index is 1170. The highest BCUT2D eigenvalue weighted by Gasteiger charge is 2.17. The van der Waals surface area contributed by atoms with Crippen molar-refractivity contribution in [3.8, 4) is 5.75 Å². The number of anilines is 1. The van der Waals surface area contributed by atoms with Gasteiger partial charge in [0, 0.05) is 17.8 Å². The first-order valence-electron chi connectivity index (χ1n) is 9.90. The molecule has 162 valence electrons. The predicted octanol–water partition coefficient (Wildman–Crippen LogP) is 4.09. The lowest BCUT2D eigenvalue weighted by Gasteiger charge is -2.12. The molecule has 0 aliphatic rings. The molecule has 0 aliphatic heterocycles. The van der Waals surface area contributed by atoms with Gasteiger partial charge in [0.05, 0.1) is 12.0 Å². The summed E-state index contributed by atoms with van der Waals surface area (Å²) in [4.78, 5) is 12.6. The van der Waals surface area contributed by atoms with E-state index in [0.717, 1.165) is 16.9 Å². The van der Waals surface area contributed by atoms with Crippen LogP contribution in [-0.4, -0.2) is 28.0 Å². The lowest BCUT2D eigenvalue weighted by Crippen LogP contribution is -2.25. The van der Waals surface area contributed by atoms with Crippen LogP contribution >= 0.6 is 0 Å². The van der Waals surface area contributed by atoms with Gasteiger partial charge >= 0.3 is 0 Å². The van der Waals surface area contributed by atoms with Gasteiger partial charge in [-0.25, -0.2) is 8.42 Å². The van der Waals surface area contributed by atoms with Crippen LogP contribution in [0.5, 0.6) is 5.75 Å². The van der Waals surface area contributed by atoms with Gasteiger partial charge in [-0.05, 0) is 73.4 Å². The van der Waals surface area contributed by atoms with E-state index in [0.29, 0.717) is 29.8 Å². The second kappa shape index (κ2) is 9.66. The average Bonchev–Trinajstić information content (AvgIpc) is 2.76. The zero-order valence-corrected chi connectivity index (χ0v) is 18.6. The summed E-state index contributed by atoms with van der Waals surface area (Å²) in [5, 5.41) is 2.87. The standard InChI is InChI=1S/C24H26N2O4S/c1-17-8-9-18(2)23(16-17)31(28,29)26-21-12-10-20(11-13-21)24(27)25-15-14-19-6-4-5-7-22(19)30-3/h4-13,16,26H,14-15H2,1-3H3,(H,25,27). The summed E-state index contributed by atoms with van der Waals surface area (Å²) >= 11 is 0. The predicted molar refractivity (Wildman–Crippen MR) is 122 cm³/mol. The fourth-order valence-electron chi connectivity index (χ4n) is 3.22. The molecule has 0 unspecified atom stereocenters. The molecule has 1 amide bonds. The van der Waals surface area contributed by atoms with Crippen molar-refractivity contribution >= 4 is 21.6 Å². The second-order valence-corrected chi connectivity index (χ2v) is 8.92. The minimum Gasteiger partial charge on any atom is -0.496 e. The van der Waals surface area contributed by atoms with Crippen LogP contribution in [-0.2, 0) is 16.4 Å². The number of rotatable bonds is 8. The number of sulfonamides is 1. The van der Waals surface area contributed by atoms with E-state index in [-0.39, 0.29) is 10.8 Å². The number of hydrogen-bond acceptors (Lipinski definition) is 4. The summed E-state index contributed by atoms with van der Waals surface area (Å²) in [6, 6.07) is 19.3. The Balaban J connectivity index is 1.61. The molecule has 3 aromatic carbocycles. The molecule has 0 saturated carbocycles. The van der Waals surface area contributed by atoms with Gasteiger partial charge in [0.25, 0.3) is 15.9 Å². The highest BCUT2D eigenvalue weighted by atomic mass is 32.2. The highest BCUT2D eigenvalue weighted by Crippen LogP contribution is 2.21. The van der Waals surface area contributed by atoms with Crippen molar-refractivity contribution < 1.29 is 17.9 Å². The number of methoxy groups -OCH3 is 1. The van der Waals surface area contributed by atoms with Gasteiger partial charge in [0.2, 0.25) is 0 Å². The van der Waals surface area contributed by atoms with Crippen LogP contribution in [0.1, 0.15) is 27.0 Å². The summed E-state index contributed by atoms with van der Waals surface area (Å²) in [5.74, 6) is 0.566. The van der Waals surface area contributed by atoms with Crippen molar-refractivity contribution in [2.45, 2.75) is 25.2 Å². The van der Waals surface area contributed by atoms with Crippen LogP contribution in [0.2, 0.25) is 0 Å². The van der Waals surface area contributed by atoms with Crippen LogP contribution in [0, 0.1) is 13.8 Å². The molecule has 0 bridgehead atoms. The molecule has 0 spiro atoms. The Labute approximate surface area is 183 Å². The molecule has 7 heteroatoms. The van der Waals surface area contributed by atoms with Crippen LogP contribution < -0.4 is 14.8 Å². The Morgan fingerprint density at radius 3 is 2.39 bits per heavy atom. The average molecular weight is 439 g/mol. The van der Waals surface area contributed by atoms with E-state index in [1.807, 2.05) is 37.3 Å². The van der Waals surface area contributed by atoms with E-state index in [2.05, 4.69) is 10.0 Å². The van der Waals surface area contributed by atoms with Gasteiger partial charge in [-0.2, -0.15) is 0 Å². The van der Waals surface area contributed by atoms with Gasteiger partial charge < -0.3 is 10.1 Å². The topological polar surface area (TPSA) is 84.5 Å². The number of nitrogens with one attached hydrogen (secondary N) is 2. The first-order valence-corrected chi connectivity index (χ1v) is 11.4. The Morgan fingerprint density at radius 1 is 0.968 bits per heavy atom. The lowest BCUT2D eigenvalue weighted by molar-refractivity contribution is 0.0954. The summed E-state index contributed by atoms with van der Waals surface area (Å²) < 4.78 is 33.3. The number of benzene rings is 3. The summed E-state index contributed by atoms with van der Waals surface area (Å²) in [6.07, 6.45) is 0.642. The number of aryl methyl sites for hydroxylation is 2. The van der Waals surface area contributed by atoms with Crippen molar-refractivity contribution in [1.29, 1.82) is 0 Å². The molecule has 31 heavy (non-hydrogen) atoms. The fraction of sp³-hybridized carbons (Fsp3) is 0.208. The third kappa shape index (κ3) is 5.64. The van der Waals surface area contributed by atoms with E-state index in [4.69, 9.17) is 4.74 Å². The number of amides is 1. The maximum absolute atomic E-state index is 12.7. The summed E-state index contributed by atoms with van der Waals surface area (Å²) in [6.45, 7) is 4.06. The zero-order valence-electron chi connectivity index (χ0n) is 17.8. The molecule has 0 aromatic heterocycles. The largest absolute Gasteiger partial charge is 0.496 e. The van der Waals surface area contributed by atoms with E-state index in [9.17, 15) is 13.2 Å². The molecule has 3 rings (SSSR count). The van der Waals surface area contributed by atoms with Crippen LogP contribution in [0.15, 0.2) is 71.6 Å². The minimum atomic E-state index is -3.71. The SMILES string of the molecule is COc1ccccc1CCNC(=O)c1ccc(NS(=O)(=O)c2cc(C)ccc2C)cc1. The number of para-hydroxylation sites is 1. The minimum absolute atomic E-state index is 0.223. The molecule has 6 nitrogen and oxygen atoms in total. The Morgan fingerprint density at radius 2 is 1.68 bits per heavy atom. The first-order chi connectivity index (χ1) is 14.8. The summed E-state index contributed by atoms with van der Waals surface area (Å²) in [5.41, 5.74) is 3.40. The molecular formula is C24H26N2O4S. The molecule has 2 N–H and O–H groups in total. The Kier molecular flexibility index (Phi) is 6.97. The fourth-order valence-corrected chi connectivity index (χ4v) is 4.61. The third-order valence-electron chi connectivity index (χ3n) is 4.90. The quantitative estimate of drug-likeness (QED) is 0.555. The maximum atomic E-state index is 12.7. The van der Waals surface area contributed by atoms with Gasteiger partial charge in [0.15, 0.2) is 0 Å². The molecule has 0 fully saturated rings. The maximum Gasteiger partial charge on any atom is 0.262 e. The lowest BCUT2D eigenvalue weighted by atomic mass is 10.1. The zero-order chi connectivity index (χ0) is 22.4. The molecule has 3 aromatic rings. The van der Waals surface area contributed by atoms with Crippen LogP contribution in [0.25, 0.3) is 0 Å². The summed E-state index contributed by atoms with van der Waals surface area (Å²) in [7, 11) is -2.09. The van der Waals surface area contributed by atoms with Crippen LogP contribution in [0.4, 0.5) is 5.69 Å². The van der Waals surface area contributed by atoms with E-state index < -0.39 is 10.0 Å². The second-order valence-electron chi connectivity index (χ2n) is 7.27. The monoisotopic (exact) mass is 438 g/mol. The first kappa shape index (κ1) is 22.4. The normalized spacial score (nSPS) is 11.1. The van der Waals surface area contributed by atoms with E-state index in [1.165, 1.54) is 0 Å². The number of ether oxygens (including phenoxy) is 1. The number of hydrogen-bond donors (Lipinski definition) is 2. The molecule has 0 saturated heterocycles. The van der Waals surface area contributed by atoms with Gasteiger partial charge in [-0.3, -0.25) is 9.52 Å². The number of carbonyl (C=O) groups excluding carboxylic acids is 1. The smallest absolute Gasteiger partial charge is 0.262 e. The van der Waals surface area contributed by atoms with Crippen molar-refractivity contribution in [3.05, 3.63) is 89.0 Å². The number of carbonyl (C=O) groups is 1. The van der Waals surface area contributed by atoms with Crippen molar-refractivity contribution in [1.82, 2.24) is 5.32 Å². The van der Waals surface area contributed by atoms with E-state index in [1.54, 1.807) is 50.4 Å².